The fraction of sp³-hybridized carbons (Fsp3) is 0.200. The van der Waals surface area contributed by atoms with Crippen molar-refractivity contribution in [1.29, 1.82) is 0 Å². The van der Waals surface area contributed by atoms with Crippen LogP contribution in [0, 0.1) is 0 Å². The zero-order chi connectivity index (χ0) is 20.0. The largest absolute Gasteiger partial charge is 0.275 e. The molecule has 0 spiro atoms. The van der Waals surface area contributed by atoms with Gasteiger partial charge in [0.05, 0.1) is 6.20 Å². The smallest absolute Gasteiger partial charge is 0.244 e. The van der Waals surface area contributed by atoms with Crippen molar-refractivity contribution in [2.45, 2.75) is 17.9 Å². The van der Waals surface area contributed by atoms with Gasteiger partial charge in [0.25, 0.3) is 0 Å². The molecule has 0 aromatic carbocycles. The standard InChI is InChI=1S/C20H18N6O2S/c1-25-12-17(10-23-25)15-7-14-8-16-13-26(6-4-19(16)24-20(14)22-9-15)29(27,28)18-3-2-5-21-11-18/h2-3,5,7-12H,4,6,13H2,1H3. The lowest BCUT2D eigenvalue weighted by Gasteiger charge is -2.27. The van der Waals surface area contributed by atoms with E-state index in [1.807, 2.05) is 25.4 Å². The lowest BCUT2D eigenvalue weighted by molar-refractivity contribution is 0.388. The van der Waals surface area contributed by atoms with Crippen molar-refractivity contribution in [2.24, 2.45) is 7.05 Å². The molecule has 0 N–H and O–H groups in total. The summed E-state index contributed by atoms with van der Waals surface area (Å²) in [4.78, 5) is 13.3. The van der Waals surface area contributed by atoms with Crippen molar-refractivity contribution < 1.29 is 8.42 Å². The van der Waals surface area contributed by atoms with Gasteiger partial charge in [-0.2, -0.15) is 9.40 Å². The molecular weight excluding hydrogens is 388 g/mol. The van der Waals surface area contributed by atoms with Crippen LogP contribution in [0.15, 0.2) is 60.1 Å². The molecule has 0 unspecified atom stereocenters. The monoisotopic (exact) mass is 406 g/mol. The highest BCUT2D eigenvalue weighted by molar-refractivity contribution is 7.89. The summed E-state index contributed by atoms with van der Waals surface area (Å²) in [5.74, 6) is 0. The third-order valence-electron chi connectivity index (χ3n) is 5.09. The van der Waals surface area contributed by atoms with Gasteiger partial charge < -0.3 is 0 Å². The SMILES string of the molecule is Cn1cc(-c2cnc3nc4c(cc3c2)CN(S(=O)(=O)c2cccnc2)CC4)cn1. The molecule has 4 aromatic heterocycles. The Morgan fingerprint density at radius 3 is 2.76 bits per heavy atom. The Morgan fingerprint density at radius 1 is 1.10 bits per heavy atom. The Labute approximate surface area is 167 Å². The van der Waals surface area contributed by atoms with Gasteiger partial charge in [0.1, 0.15) is 4.90 Å². The van der Waals surface area contributed by atoms with Crippen LogP contribution in [0.3, 0.4) is 0 Å². The van der Waals surface area contributed by atoms with E-state index in [1.54, 1.807) is 35.4 Å². The van der Waals surface area contributed by atoms with Gasteiger partial charge in [0.15, 0.2) is 5.65 Å². The molecule has 5 heterocycles. The van der Waals surface area contributed by atoms with E-state index in [2.05, 4.69) is 20.1 Å². The second-order valence-corrected chi connectivity index (χ2v) is 8.98. The molecule has 5 rings (SSSR count). The Kier molecular flexibility index (Phi) is 4.14. The first-order chi connectivity index (χ1) is 14.0. The Bertz CT molecular complexity index is 1320. The molecule has 1 aliphatic rings. The highest BCUT2D eigenvalue weighted by Gasteiger charge is 2.29. The average molecular weight is 406 g/mol. The molecule has 0 amide bonds. The molecule has 9 heteroatoms. The maximum atomic E-state index is 12.9. The quantitative estimate of drug-likeness (QED) is 0.518. The van der Waals surface area contributed by atoms with Crippen molar-refractivity contribution in [3.63, 3.8) is 0 Å². The summed E-state index contributed by atoms with van der Waals surface area (Å²) in [6.45, 7) is 0.670. The van der Waals surface area contributed by atoms with E-state index in [-0.39, 0.29) is 11.4 Å². The molecule has 0 bridgehead atoms. The fourth-order valence-electron chi connectivity index (χ4n) is 3.58. The maximum absolute atomic E-state index is 12.9. The van der Waals surface area contributed by atoms with E-state index in [9.17, 15) is 8.42 Å². The minimum atomic E-state index is -3.59. The Morgan fingerprint density at radius 2 is 2.00 bits per heavy atom. The third kappa shape index (κ3) is 3.18. The first-order valence-corrected chi connectivity index (χ1v) is 10.6. The molecule has 4 aromatic rings. The van der Waals surface area contributed by atoms with Gasteiger partial charge in [0, 0.05) is 73.6 Å². The van der Waals surface area contributed by atoms with Crippen molar-refractivity contribution >= 4 is 21.1 Å². The highest BCUT2D eigenvalue weighted by atomic mass is 32.2. The van der Waals surface area contributed by atoms with Crippen molar-refractivity contribution in [3.8, 4) is 11.1 Å². The van der Waals surface area contributed by atoms with Crippen molar-refractivity contribution in [1.82, 2.24) is 29.0 Å². The molecule has 1 aliphatic heterocycles. The number of aromatic nitrogens is 5. The van der Waals surface area contributed by atoms with Crippen molar-refractivity contribution in [2.75, 3.05) is 6.54 Å². The van der Waals surface area contributed by atoms with Gasteiger partial charge >= 0.3 is 0 Å². The first kappa shape index (κ1) is 17.9. The van der Waals surface area contributed by atoms with Gasteiger partial charge in [-0.05, 0) is 29.8 Å². The zero-order valence-electron chi connectivity index (χ0n) is 15.7. The normalized spacial score (nSPS) is 14.8. The van der Waals surface area contributed by atoms with Crippen LogP contribution in [0.2, 0.25) is 0 Å². The van der Waals surface area contributed by atoms with Gasteiger partial charge in [0.2, 0.25) is 10.0 Å². The topological polar surface area (TPSA) is 93.9 Å². The summed E-state index contributed by atoms with van der Waals surface area (Å²) < 4.78 is 29.1. The fourth-order valence-corrected chi connectivity index (χ4v) is 4.96. The molecule has 0 aliphatic carbocycles. The third-order valence-corrected chi connectivity index (χ3v) is 6.92. The van der Waals surface area contributed by atoms with E-state index >= 15 is 0 Å². The van der Waals surface area contributed by atoms with E-state index in [0.29, 0.717) is 18.6 Å². The molecular formula is C20H18N6O2S. The first-order valence-electron chi connectivity index (χ1n) is 9.18. The van der Waals surface area contributed by atoms with Crippen LogP contribution in [-0.2, 0) is 30.0 Å². The number of hydrogen-bond donors (Lipinski definition) is 0. The predicted octanol–water partition coefficient (Wildman–Crippen LogP) is 2.17. The molecule has 29 heavy (non-hydrogen) atoms. The van der Waals surface area contributed by atoms with E-state index in [4.69, 9.17) is 0 Å². The molecule has 146 valence electrons. The highest BCUT2D eigenvalue weighted by Crippen LogP contribution is 2.28. The van der Waals surface area contributed by atoms with Crippen LogP contribution in [0.4, 0.5) is 0 Å². The van der Waals surface area contributed by atoms with Crippen LogP contribution in [0.5, 0.6) is 0 Å². The zero-order valence-corrected chi connectivity index (χ0v) is 16.5. The van der Waals surface area contributed by atoms with Crippen LogP contribution in [-0.4, -0.2) is 44.0 Å². The van der Waals surface area contributed by atoms with Crippen LogP contribution in [0.1, 0.15) is 11.3 Å². The van der Waals surface area contributed by atoms with Gasteiger partial charge in [-0.3, -0.25) is 9.67 Å². The van der Waals surface area contributed by atoms with E-state index < -0.39 is 10.0 Å². The summed E-state index contributed by atoms with van der Waals surface area (Å²) in [7, 11) is -1.72. The maximum Gasteiger partial charge on any atom is 0.244 e. The lowest BCUT2D eigenvalue weighted by Crippen LogP contribution is -2.36. The van der Waals surface area contributed by atoms with Crippen molar-refractivity contribution in [3.05, 3.63) is 66.5 Å². The Balaban J connectivity index is 1.52. The number of aryl methyl sites for hydroxylation is 1. The van der Waals surface area contributed by atoms with Gasteiger partial charge in [-0.25, -0.2) is 18.4 Å². The summed E-state index contributed by atoms with van der Waals surface area (Å²) in [6.07, 6.45) is 9.01. The number of rotatable bonds is 3. The Hall–Kier alpha value is -3.17. The molecule has 0 atom stereocenters. The van der Waals surface area contributed by atoms with Crippen LogP contribution >= 0.6 is 0 Å². The molecule has 0 fully saturated rings. The number of sulfonamides is 1. The predicted molar refractivity (Wildman–Crippen MR) is 107 cm³/mol. The second kappa shape index (κ2) is 6.71. The van der Waals surface area contributed by atoms with Crippen LogP contribution in [0.25, 0.3) is 22.2 Å². The molecule has 0 radical (unpaired) electrons. The number of hydrogen-bond acceptors (Lipinski definition) is 6. The number of pyridine rings is 3. The number of fused-ring (bicyclic) bond motifs is 2. The molecule has 0 saturated carbocycles. The van der Waals surface area contributed by atoms with E-state index in [0.717, 1.165) is 27.8 Å². The second-order valence-electron chi connectivity index (χ2n) is 7.04. The summed E-state index contributed by atoms with van der Waals surface area (Å²) in [5, 5.41) is 5.08. The van der Waals surface area contributed by atoms with Crippen LogP contribution < -0.4 is 0 Å². The molecule has 0 saturated heterocycles. The summed E-state index contributed by atoms with van der Waals surface area (Å²) in [6, 6.07) is 7.21. The summed E-state index contributed by atoms with van der Waals surface area (Å²) >= 11 is 0. The number of nitrogens with zero attached hydrogens (tertiary/aromatic N) is 6. The van der Waals surface area contributed by atoms with Gasteiger partial charge in [-0.15, -0.1) is 0 Å². The average Bonchev–Trinajstić information content (AvgIpc) is 3.18. The molecule has 8 nitrogen and oxygen atoms in total. The van der Waals surface area contributed by atoms with Gasteiger partial charge in [-0.1, -0.05) is 0 Å². The lowest BCUT2D eigenvalue weighted by atomic mass is 10.0. The minimum absolute atomic E-state index is 0.206. The summed E-state index contributed by atoms with van der Waals surface area (Å²) in [5.41, 5.74) is 4.39. The van der Waals surface area contributed by atoms with E-state index in [1.165, 1.54) is 10.5 Å². The minimum Gasteiger partial charge on any atom is -0.275 e.